The molecule has 2 heterocycles. The predicted octanol–water partition coefficient (Wildman–Crippen LogP) is 2.86. The fraction of sp³-hybridized carbons (Fsp3) is 0.381. The summed E-state index contributed by atoms with van der Waals surface area (Å²) in [4.78, 5) is 24.2. The summed E-state index contributed by atoms with van der Waals surface area (Å²) in [5, 5.41) is 11.2. The average molecular weight is 445 g/mol. The molecule has 9 nitrogen and oxygen atoms in total. The number of nitro groups is 1. The second-order valence-corrected chi connectivity index (χ2v) is 9.75. The molecule has 164 valence electrons. The van der Waals surface area contributed by atoms with Crippen molar-refractivity contribution >= 4 is 27.7 Å². The molecule has 0 bridgehead atoms. The number of rotatable bonds is 6. The summed E-state index contributed by atoms with van der Waals surface area (Å²) in [5.41, 5.74) is -0.456. The van der Waals surface area contributed by atoms with Gasteiger partial charge in [-0.05, 0) is 36.6 Å². The van der Waals surface area contributed by atoms with Crippen molar-refractivity contribution < 1.29 is 22.6 Å². The molecular formula is C21H23N3O6S. The first-order valence-electron chi connectivity index (χ1n) is 10.1. The summed E-state index contributed by atoms with van der Waals surface area (Å²) in [7, 11) is -4.03. The lowest BCUT2D eigenvalue weighted by molar-refractivity contribution is -0.387. The number of para-hydroxylation sites is 1. The standard InChI is InChI=1S/C21H23N3O6S/c1-15-14-17(15)19-8-6-16(30-19)7-9-21(25)22-10-12-23(13-11-22)31(28,29)20-5-3-2-4-18(20)24(26)27/h2-9,15,17H,10-14H2,1H3/b9-7+. The van der Waals surface area contributed by atoms with Gasteiger partial charge < -0.3 is 9.32 Å². The zero-order valence-electron chi connectivity index (χ0n) is 17.0. The van der Waals surface area contributed by atoms with Crippen molar-refractivity contribution in [1.29, 1.82) is 0 Å². The van der Waals surface area contributed by atoms with Gasteiger partial charge in [0.05, 0.1) is 4.92 Å². The van der Waals surface area contributed by atoms with E-state index in [2.05, 4.69) is 6.92 Å². The summed E-state index contributed by atoms with van der Waals surface area (Å²) in [6, 6.07) is 9.04. The highest BCUT2D eigenvalue weighted by Gasteiger charge is 2.36. The molecule has 1 aromatic carbocycles. The van der Waals surface area contributed by atoms with Crippen molar-refractivity contribution in [3.8, 4) is 0 Å². The van der Waals surface area contributed by atoms with Gasteiger partial charge in [0.1, 0.15) is 11.5 Å². The average Bonchev–Trinajstić information content (AvgIpc) is 3.31. The maximum absolute atomic E-state index is 12.9. The molecule has 0 spiro atoms. The number of carbonyl (C=O) groups excluding carboxylic acids is 1. The van der Waals surface area contributed by atoms with E-state index in [1.54, 1.807) is 11.0 Å². The van der Waals surface area contributed by atoms with Crippen molar-refractivity contribution in [2.45, 2.75) is 24.2 Å². The SMILES string of the molecule is CC1CC1c1ccc(/C=C/C(=O)N2CCN(S(=O)(=O)c3ccccc3[N+](=O)[O-])CC2)o1. The van der Waals surface area contributed by atoms with E-state index in [-0.39, 0.29) is 37.0 Å². The molecule has 1 saturated carbocycles. The van der Waals surface area contributed by atoms with Crippen LogP contribution in [0.3, 0.4) is 0 Å². The van der Waals surface area contributed by atoms with Crippen molar-refractivity contribution in [3.05, 3.63) is 64.1 Å². The highest BCUT2D eigenvalue weighted by atomic mass is 32.2. The van der Waals surface area contributed by atoms with Crippen molar-refractivity contribution in [3.63, 3.8) is 0 Å². The van der Waals surface area contributed by atoms with Crippen LogP contribution in [0.5, 0.6) is 0 Å². The van der Waals surface area contributed by atoms with Crippen LogP contribution in [0.15, 0.2) is 51.8 Å². The molecule has 2 unspecified atom stereocenters. The summed E-state index contributed by atoms with van der Waals surface area (Å²) >= 11 is 0. The van der Waals surface area contributed by atoms with E-state index < -0.39 is 20.6 Å². The third-order valence-electron chi connectivity index (χ3n) is 5.74. The van der Waals surface area contributed by atoms with E-state index >= 15 is 0 Å². The van der Waals surface area contributed by atoms with Gasteiger partial charge in [-0.1, -0.05) is 19.1 Å². The van der Waals surface area contributed by atoms with Crippen LogP contribution in [0, 0.1) is 16.0 Å². The van der Waals surface area contributed by atoms with E-state index in [0.29, 0.717) is 17.6 Å². The first-order chi connectivity index (χ1) is 14.8. The lowest BCUT2D eigenvalue weighted by Gasteiger charge is -2.33. The van der Waals surface area contributed by atoms with Gasteiger partial charge in [-0.25, -0.2) is 8.42 Å². The van der Waals surface area contributed by atoms with Crippen LogP contribution < -0.4 is 0 Å². The molecule has 0 N–H and O–H groups in total. The second kappa shape index (κ2) is 8.27. The first-order valence-corrected chi connectivity index (χ1v) is 11.5. The Morgan fingerprint density at radius 3 is 2.48 bits per heavy atom. The summed E-state index contributed by atoms with van der Waals surface area (Å²) in [6.07, 6.45) is 4.16. The number of piperazine rings is 1. The quantitative estimate of drug-likeness (QED) is 0.384. The third kappa shape index (κ3) is 4.40. The van der Waals surface area contributed by atoms with Gasteiger partial charge in [-0.2, -0.15) is 4.31 Å². The Bertz CT molecular complexity index is 1130. The Balaban J connectivity index is 1.37. The summed E-state index contributed by atoms with van der Waals surface area (Å²) < 4.78 is 32.7. The minimum absolute atomic E-state index is 0.0679. The van der Waals surface area contributed by atoms with E-state index in [9.17, 15) is 23.3 Å². The molecule has 1 amide bonds. The minimum Gasteiger partial charge on any atom is -0.461 e. The van der Waals surface area contributed by atoms with Crippen LogP contribution in [-0.2, 0) is 14.8 Å². The molecule has 2 atom stereocenters. The molecule has 2 fully saturated rings. The maximum atomic E-state index is 12.9. The van der Waals surface area contributed by atoms with Crippen LogP contribution in [0.2, 0.25) is 0 Å². The highest BCUT2D eigenvalue weighted by molar-refractivity contribution is 7.89. The third-order valence-corrected chi connectivity index (χ3v) is 7.69. The molecule has 0 radical (unpaired) electrons. The Labute approximate surface area is 180 Å². The normalized spacial score (nSPS) is 22.0. The Morgan fingerprint density at radius 1 is 1.16 bits per heavy atom. The van der Waals surface area contributed by atoms with Crippen LogP contribution in [0.1, 0.15) is 30.8 Å². The molecule has 1 aliphatic carbocycles. The lowest BCUT2D eigenvalue weighted by atomic mass is 10.3. The van der Waals surface area contributed by atoms with E-state index in [1.807, 2.05) is 12.1 Å². The Kier molecular flexibility index (Phi) is 5.67. The summed E-state index contributed by atoms with van der Waals surface area (Å²) in [6.45, 7) is 2.71. The van der Waals surface area contributed by atoms with Crippen molar-refractivity contribution in [2.75, 3.05) is 26.2 Å². The number of hydrogen-bond acceptors (Lipinski definition) is 6. The Morgan fingerprint density at radius 2 is 1.84 bits per heavy atom. The number of hydrogen-bond donors (Lipinski definition) is 0. The van der Waals surface area contributed by atoms with Crippen molar-refractivity contribution in [2.24, 2.45) is 5.92 Å². The summed E-state index contributed by atoms with van der Waals surface area (Å²) in [5.74, 6) is 2.41. The predicted molar refractivity (Wildman–Crippen MR) is 113 cm³/mol. The number of amides is 1. The van der Waals surface area contributed by atoms with E-state index in [4.69, 9.17) is 4.42 Å². The molecule has 4 rings (SSSR count). The number of furan rings is 1. The van der Waals surface area contributed by atoms with E-state index in [0.717, 1.165) is 12.2 Å². The van der Waals surface area contributed by atoms with Crippen LogP contribution in [0.4, 0.5) is 5.69 Å². The molecule has 10 heteroatoms. The first kappa shape index (κ1) is 21.3. The largest absolute Gasteiger partial charge is 0.461 e. The molecular weight excluding hydrogens is 422 g/mol. The fourth-order valence-corrected chi connectivity index (χ4v) is 5.33. The number of benzene rings is 1. The van der Waals surface area contributed by atoms with Gasteiger partial charge in [0.15, 0.2) is 4.90 Å². The van der Waals surface area contributed by atoms with E-state index in [1.165, 1.54) is 34.6 Å². The zero-order valence-corrected chi connectivity index (χ0v) is 17.8. The molecule has 2 aromatic rings. The van der Waals surface area contributed by atoms with Gasteiger partial charge in [0.25, 0.3) is 5.69 Å². The number of nitro benzene ring substituents is 1. The minimum atomic E-state index is -4.03. The molecule has 2 aliphatic rings. The van der Waals surface area contributed by atoms with Crippen molar-refractivity contribution in [1.82, 2.24) is 9.21 Å². The van der Waals surface area contributed by atoms with Crippen LogP contribution in [0.25, 0.3) is 6.08 Å². The monoisotopic (exact) mass is 445 g/mol. The van der Waals surface area contributed by atoms with Gasteiger partial charge >= 0.3 is 0 Å². The highest BCUT2D eigenvalue weighted by Crippen LogP contribution is 2.47. The second-order valence-electron chi connectivity index (χ2n) is 7.85. The number of sulfonamides is 1. The molecule has 1 aromatic heterocycles. The molecule has 1 aliphatic heterocycles. The van der Waals surface area contributed by atoms with Crippen LogP contribution in [-0.4, -0.2) is 54.6 Å². The fourth-order valence-electron chi connectivity index (χ4n) is 3.75. The topological polar surface area (TPSA) is 114 Å². The van der Waals surface area contributed by atoms with Gasteiger partial charge in [0, 0.05) is 44.2 Å². The lowest BCUT2D eigenvalue weighted by Crippen LogP contribution is -2.50. The van der Waals surface area contributed by atoms with Gasteiger partial charge in [-0.3, -0.25) is 14.9 Å². The number of carbonyl (C=O) groups is 1. The molecule has 1 saturated heterocycles. The number of nitrogens with zero attached hydrogens (tertiary/aromatic N) is 3. The smallest absolute Gasteiger partial charge is 0.289 e. The zero-order chi connectivity index (χ0) is 22.2. The Hall–Kier alpha value is -2.98. The van der Waals surface area contributed by atoms with Gasteiger partial charge in [0.2, 0.25) is 15.9 Å². The van der Waals surface area contributed by atoms with Gasteiger partial charge in [-0.15, -0.1) is 0 Å². The maximum Gasteiger partial charge on any atom is 0.289 e. The van der Waals surface area contributed by atoms with Crippen LogP contribution >= 0.6 is 0 Å². The molecule has 31 heavy (non-hydrogen) atoms.